The highest BCUT2D eigenvalue weighted by atomic mass is 35.5. The molecule has 1 unspecified atom stereocenters. The van der Waals surface area contributed by atoms with Crippen LogP contribution in [0.4, 0.5) is 0 Å². The summed E-state index contributed by atoms with van der Waals surface area (Å²) in [6.07, 6.45) is 2.74. The van der Waals surface area contributed by atoms with Crippen molar-refractivity contribution in [1.82, 2.24) is 14.6 Å². The lowest BCUT2D eigenvalue weighted by molar-refractivity contribution is -0.121. The van der Waals surface area contributed by atoms with Crippen molar-refractivity contribution in [3.8, 4) is 0 Å². The number of likely N-dealkylation sites (N-methyl/N-ethyl adjacent to an activating group) is 1. The molecule has 0 aliphatic heterocycles. The Hall–Kier alpha value is -2.26. The van der Waals surface area contributed by atoms with Gasteiger partial charge in [0.1, 0.15) is 4.90 Å². The molecule has 0 bridgehead atoms. The highest BCUT2D eigenvalue weighted by molar-refractivity contribution is 7.89. The number of pyridine rings is 1. The molecular weight excluding hydrogens is 418 g/mol. The predicted molar refractivity (Wildman–Crippen MR) is 110 cm³/mol. The van der Waals surface area contributed by atoms with Gasteiger partial charge in [-0.2, -0.15) is 15.6 Å². The van der Waals surface area contributed by atoms with Crippen molar-refractivity contribution < 1.29 is 13.2 Å². The molecule has 1 aromatic carbocycles. The van der Waals surface area contributed by atoms with Gasteiger partial charge in [0.2, 0.25) is 15.9 Å². The summed E-state index contributed by atoms with van der Waals surface area (Å²) in [5.74, 6) is -0.416. The molecule has 3 aromatic rings. The van der Waals surface area contributed by atoms with Crippen LogP contribution < -0.4 is 5.32 Å². The molecule has 0 fully saturated rings. The lowest BCUT2D eigenvalue weighted by Crippen LogP contribution is -2.40. The number of thiophene rings is 1. The zero-order valence-electron chi connectivity index (χ0n) is 14.9. The summed E-state index contributed by atoms with van der Waals surface area (Å²) < 4.78 is 26.2. The highest BCUT2D eigenvalue weighted by Gasteiger charge is 2.25. The second kappa shape index (κ2) is 8.83. The maximum Gasteiger partial charge on any atom is 0.244 e. The molecule has 146 valence electrons. The van der Waals surface area contributed by atoms with Gasteiger partial charge in [0.05, 0.1) is 12.6 Å². The molecule has 6 nitrogen and oxygen atoms in total. The molecule has 0 aliphatic rings. The largest absolute Gasteiger partial charge is 0.344 e. The minimum atomic E-state index is -3.80. The van der Waals surface area contributed by atoms with E-state index in [2.05, 4.69) is 10.3 Å². The molecule has 1 N–H and O–H groups in total. The second-order valence-electron chi connectivity index (χ2n) is 6.06. The number of nitrogens with zero attached hydrogens (tertiary/aromatic N) is 2. The number of sulfonamides is 1. The van der Waals surface area contributed by atoms with E-state index in [4.69, 9.17) is 11.6 Å². The van der Waals surface area contributed by atoms with Crippen molar-refractivity contribution in [2.45, 2.75) is 10.9 Å². The number of rotatable bonds is 7. The number of aromatic nitrogens is 1. The number of halogens is 1. The van der Waals surface area contributed by atoms with Crippen molar-refractivity contribution >= 4 is 38.9 Å². The summed E-state index contributed by atoms with van der Waals surface area (Å²) in [4.78, 5) is 16.5. The number of amides is 1. The van der Waals surface area contributed by atoms with Crippen molar-refractivity contribution in [3.05, 3.63) is 81.8 Å². The molecule has 2 aromatic heterocycles. The molecule has 1 atom stereocenters. The van der Waals surface area contributed by atoms with E-state index in [9.17, 15) is 13.2 Å². The number of hydrogen-bond donors (Lipinski definition) is 1. The van der Waals surface area contributed by atoms with Crippen LogP contribution in [-0.2, 0) is 14.8 Å². The Bertz CT molecular complexity index is 1020. The predicted octanol–water partition coefficient (Wildman–Crippen LogP) is 3.32. The van der Waals surface area contributed by atoms with E-state index >= 15 is 0 Å². The summed E-state index contributed by atoms with van der Waals surface area (Å²) in [5, 5.41) is 7.37. The van der Waals surface area contributed by atoms with Crippen molar-refractivity contribution in [2.75, 3.05) is 13.6 Å². The van der Waals surface area contributed by atoms with E-state index in [1.54, 1.807) is 12.1 Å². The van der Waals surface area contributed by atoms with Gasteiger partial charge >= 0.3 is 0 Å². The summed E-state index contributed by atoms with van der Waals surface area (Å²) in [6, 6.07) is 11.7. The van der Waals surface area contributed by atoms with Crippen LogP contribution in [0.3, 0.4) is 0 Å². The standard InChI is InChI=1S/C19H18ClN3O3S2/c1-23(28(25,26)17-3-2-9-21-11-17)12-18(24)22-19(15-8-10-27-13-15)14-4-6-16(20)7-5-14/h2-11,13,19H,12H2,1H3,(H,22,24). The van der Waals surface area contributed by atoms with E-state index in [1.807, 2.05) is 29.0 Å². The smallest absolute Gasteiger partial charge is 0.244 e. The van der Waals surface area contributed by atoms with Crippen LogP contribution in [0, 0.1) is 0 Å². The van der Waals surface area contributed by atoms with E-state index in [-0.39, 0.29) is 11.4 Å². The lowest BCUT2D eigenvalue weighted by Gasteiger charge is -2.21. The molecule has 0 saturated carbocycles. The van der Waals surface area contributed by atoms with Crippen LogP contribution >= 0.6 is 22.9 Å². The Morgan fingerprint density at radius 1 is 1.21 bits per heavy atom. The van der Waals surface area contributed by atoms with Gasteiger partial charge in [-0.15, -0.1) is 0 Å². The third-order valence-electron chi connectivity index (χ3n) is 4.09. The number of carbonyl (C=O) groups excluding carboxylic acids is 1. The van der Waals surface area contributed by atoms with Gasteiger partial charge in [-0.3, -0.25) is 9.78 Å². The van der Waals surface area contributed by atoms with Crippen LogP contribution in [0.1, 0.15) is 17.2 Å². The molecular formula is C19H18ClN3O3S2. The molecule has 0 saturated heterocycles. The summed E-state index contributed by atoms with van der Waals surface area (Å²) in [6.45, 7) is -0.314. The van der Waals surface area contributed by atoms with Gasteiger partial charge in [0.15, 0.2) is 0 Å². The van der Waals surface area contributed by atoms with Gasteiger partial charge < -0.3 is 5.32 Å². The summed E-state index contributed by atoms with van der Waals surface area (Å²) in [7, 11) is -2.43. The summed E-state index contributed by atoms with van der Waals surface area (Å²) >= 11 is 7.48. The SMILES string of the molecule is CN(CC(=O)NC(c1ccc(Cl)cc1)c1ccsc1)S(=O)(=O)c1cccnc1. The van der Waals surface area contributed by atoms with Crippen LogP contribution in [0.5, 0.6) is 0 Å². The molecule has 1 amide bonds. The molecule has 2 heterocycles. The summed E-state index contributed by atoms with van der Waals surface area (Å²) in [5.41, 5.74) is 1.77. The maximum absolute atomic E-state index is 12.6. The number of hydrogen-bond acceptors (Lipinski definition) is 5. The van der Waals surface area contributed by atoms with E-state index in [0.29, 0.717) is 5.02 Å². The average Bonchev–Trinajstić information content (AvgIpc) is 3.22. The van der Waals surface area contributed by atoms with Crippen LogP contribution in [0.25, 0.3) is 0 Å². The fourth-order valence-corrected chi connectivity index (χ4v) is 4.53. The molecule has 0 spiro atoms. The van der Waals surface area contributed by atoms with Crippen molar-refractivity contribution in [1.29, 1.82) is 0 Å². The topological polar surface area (TPSA) is 79.4 Å². The highest BCUT2D eigenvalue weighted by Crippen LogP contribution is 2.25. The van der Waals surface area contributed by atoms with Gasteiger partial charge in [-0.25, -0.2) is 8.42 Å². The maximum atomic E-state index is 12.6. The minimum Gasteiger partial charge on any atom is -0.344 e. The Morgan fingerprint density at radius 2 is 1.96 bits per heavy atom. The molecule has 9 heteroatoms. The van der Waals surface area contributed by atoms with Crippen LogP contribution in [-0.4, -0.2) is 37.2 Å². The Kier molecular flexibility index (Phi) is 6.46. The Morgan fingerprint density at radius 3 is 2.57 bits per heavy atom. The van der Waals surface area contributed by atoms with Crippen LogP contribution in [0.2, 0.25) is 5.02 Å². The quantitative estimate of drug-likeness (QED) is 0.617. The van der Waals surface area contributed by atoms with Gasteiger partial charge in [-0.1, -0.05) is 23.7 Å². The van der Waals surface area contributed by atoms with Crippen LogP contribution in [0.15, 0.2) is 70.5 Å². The van der Waals surface area contributed by atoms with Gasteiger partial charge in [-0.05, 0) is 52.2 Å². The Labute approximate surface area is 172 Å². The van der Waals surface area contributed by atoms with Gasteiger partial charge in [0, 0.05) is 24.5 Å². The molecule has 3 rings (SSSR count). The molecule has 28 heavy (non-hydrogen) atoms. The first-order valence-corrected chi connectivity index (χ1v) is 11.1. The number of carbonyl (C=O) groups is 1. The van der Waals surface area contributed by atoms with E-state index < -0.39 is 22.0 Å². The number of benzene rings is 1. The monoisotopic (exact) mass is 435 g/mol. The van der Waals surface area contributed by atoms with E-state index in [0.717, 1.165) is 15.4 Å². The zero-order chi connectivity index (χ0) is 20.1. The van der Waals surface area contributed by atoms with Crippen molar-refractivity contribution in [2.24, 2.45) is 0 Å². The number of nitrogens with one attached hydrogen (secondary N) is 1. The van der Waals surface area contributed by atoms with Gasteiger partial charge in [0.25, 0.3) is 0 Å². The fraction of sp³-hybridized carbons (Fsp3) is 0.158. The Balaban J connectivity index is 1.76. The second-order valence-corrected chi connectivity index (χ2v) is 9.32. The first-order valence-electron chi connectivity index (χ1n) is 8.31. The van der Waals surface area contributed by atoms with E-state index in [1.165, 1.54) is 42.9 Å². The first kappa shape index (κ1) is 20.5. The third kappa shape index (κ3) is 4.77. The normalized spacial score (nSPS) is 12.7. The molecule has 0 aliphatic carbocycles. The average molecular weight is 436 g/mol. The third-order valence-corrected chi connectivity index (χ3v) is 6.83. The first-order chi connectivity index (χ1) is 13.4. The zero-order valence-corrected chi connectivity index (χ0v) is 17.3. The lowest BCUT2D eigenvalue weighted by atomic mass is 10.0. The minimum absolute atomic E-state index is 0.0392. The fourth-order valence-electron chi connectivity index (χ4n) is 2.63. The molecule has 0 radical (unpaired) electrons. The van der Waals surface area contributed by atoms with Crippen molar-refractivity contribution in [3.63, 3.8) is 0 Å².